The molecule has 2 heterocycles. The van der Waals surface area contributed by atoms with Gasteiger partial charge < -0.3 is 0 Å². The summed E-state index contributed by atoms with van der Waals surface area (Å²) in [6.07, 6.45) is 0.939. The smallest absolute Gasteiger partial charge is 0.212 e. The van der Waals surface area contributed by atoms with Gasteiger partial charge in [0.15, 0.2) is 0 Å². The first-order chi connectivity index (χ1) is 8.29. The molecule has 0 saturated heterocycles. The van der Waals surface area contributed by atoms with Crippen molar-refractivity contribution in [3.63, 3.8) is 0 Å². The first-order valence-corrected chi connectivity index (χ1v) is 6.51. The number of fused-ring (bicyclic) bond motifs is 1. The average Bonchev–Trinajstić information content (AvgIpc) is 2.85. The summed E-state index contributed by atoms with van der Waals surface area (Å²) in [6, 6.07) is 10.3. The Labute approximate surface area is 104 Å². The largest absolute Gasteiger partial charge is 0.217 e. The van der Waals surface area contributed by atoms with Crippen LogP contribution in [-0.2, 0) is 6.42 Å². The van der Waals surface area contributed by atoms with Gasteiger partial charge in [-0.1, -0.05) is 48.6 Å². The lowest BCUT2D eigenvalue weighted by molar-refractivity contribution is 0.868. The highest BCUT2D eigenvalue weighted by Gasteiger charge is 2.14. The summed E-state index contributed by atoms with van der Waals surface area (Å²) in [4.78, 5) is 5.68. The standard InChI is InChI=1S/C13H13N3S/c1-3-11-12(10-7-5-4-6-8-10)14-13-16(11)15-9(2)17-13/h4-8H,3H2,1-2H3. The van der Waals surface area contributed by atoms with E-state index in [-0.39, 0.29) is 0 Å². The molecule has 0 aliphatic heterocycles. The van der Waals surface area contributed by atoms with E-state index in [2.05, 4.69) is 24.2 Å². The van der Waals surface area contributed by atoms with Crippen molar-refractivity contribution in [2.75, 3.05) is 0 Å². The van der Waals surface area contributed by atoms with Gasteiger partial charge in [-0.25, -0.2) is 9.50 Å². The van der Waals surface area contributed by atoms with Crippen LogP contribution in [0.25, 0.3) is 16.2 Å². The molecule has 0 amide bonds. The van der Waals surface area contributed by atoms with Crippen molar-refractivity contribution >= 4 is 16.3 Å². The first-order valence-electron chi connectivity index (χ1n) is 5.70. The van der Waals surface area contributed by atoms with Gasteiger partial charge in [-0.2, -0.15) is 5.10 Å². The number of imidazole rings is 1. The van der Waals surface area contributed by atoms with Gasteiger partial charge >= 0.3 is 0 Å². The lowest BCUT2D eigenvalue weighted by Crippen LogP contribution is -1.93. The molecule has 3 aromatic rings. The molecule has 17 heavy (non-hydrogen) atoms. The highest BCUT2D eigenvalue weighted by Crippen LogP contribution is 2.26. The minimum absolute atomic E-state index is 0.939. The van der Waals surface area contributed by atoms with E-state index in [1.165, 1.54) is 11.3 Å². The third-order valence-electron chi connectivity index (χ3n) is 2.78. The number of hydrogen-bond acceptors (Lipinski definition) is 3. The summed E-state index contributed by atoms with van der Waals surface area (Å²) >= 11 is 1.64. The average molecular weight is 243 g/mol. The minimum atomic E-state index is 0.939. The molecule has 86 valence electrons. The highest BCUT2D eigenvalue weighted by molar-refractivity contribution is 7.16. The molecule has 0 atom stereocenters. The quantitative estimate of drug-likeness (QED) is 0.691. The van der Waals surface area contributed by atoms with Crippen molar-refractivity contribution in [1.82, 2.24) is 14.6 Å². The lowest BCUT2D eigenvalue weighted by atomic mass is 10.1. The zero-order valence-corrected chi connectivity index (χ0v) is 10.7. The number of hydrogen-bond donors (Lipinski definition) is 0. The van der Waals surface area contributed by atoms with Crippen LogP contribution < -0.4 is 0 Å². The molecule has 0 spiro atoms. The molecule has 1 aromatic carbocycles. The van der Waals surface area contributed by atoms with Crippen LogP contribution in [0, 0.1) is 6.92 Å². The summed E-state index contributed by atoms with van der Waals surface area (Å²) < 4.78 is 1.97. The molecule has 2 aromatic heterocycles. The zero-order valence-electron chi connectivity index (χ0n) is 9.84. The fraction of sp³-hybridized carbons (Fsp3) is 0.231. The predicted molar refractivity (Wildman–Crippen MR) is 70.4 cm³/mol. The van der Waals surface area contributed by atoms with Gasteiger partial charge in [0.05, 0.1) is 11.4 Å². The number of benzene rings is 1. The molecule has 0 aliphatic carbocycles. The molecule has 4 heteroatoms. The van der Waals surface area contributed by atoms with Crippen LogP contribution in [0.4, 0.5) is 0 Å². The number of aromatic nitrogens is 3. The lowest BCUT2D eigenvalue weighted by Gasteiger charge is -2.00. The normalized spacial score (nSPS) is 11.2. The van der Waals surface area contributed by atoms with Crippen molar-refractivity contribution < 1.29 is 0 Å². The molecular weight excluding hydrogens is 230 g/mol. The van der Waals surface area contributed by atoms with Gasteiger partial charge in [-0.05, 0) is 13.3 Å². The van der Waals surface area contributed by atoms with Crippen LogP contribution in [0.5, 0.6) is 0 Å². The van der Waals surface area contributed by atoms with Crippen LogP contribution in [0.3, 0.4) is 0 Å². The van der Waals surface area contributed by atoms with E-state index in [0.717, 1.165) is 22.1 Å². The number of aryl methyl sites for hydroxylation is 2. The monoisotopic (exact) mass is 243 g/mol. The maximum absolute atomic E-state index is 4.69. The van der Waals surface area contributed by atoms with Gasteiger partial charge in [0.2, 0.25) is 4.96 Å². The van der Waals surface area contributed by atoms with Crippen LogP contribution >= 0.6 is 11.3 Å². The second kappa shape index (κ2) is 3.96. The van der Waals surface area contributed by atoms with Crippen molar-refractivity contribution in [2.24, 2.45) is 0 Å². The zero-order chi connectivity index (χ0) is 11.8. The fourth-order valence-electron chi connectivity index (χ4n) is 2.03. The van der Waals surface area contributed by atoms with Crippen LogP contribution in [0.1, 0.15) is 17.6 Å². The molecule has 3 rings (SSSR count). The van der Waals surface area contributed by atoms with E-state index in [0.29, 0.717) is 0 Å². The molecular formula is C13H13N3S. The van der Waals surface area contributed by atoms with Gasteiger partial charge in [0.25, 0.3) is 0 Å². The molecule has 0 bridgehead atoms. The highest BCUT2D eigenvalue weighted by atomic mass is 32.1. The molecule has 0 N–H and O–H groups in total. The van der Waals surface area contributed by atoms with Crippen molar-refractivity contribution in [3.05, 3.63) is 41.0 Å². The molecule has 0 unspecified atom stereocenters. The Hall–Kier alpha value is -1.68. The fourth-order valence-corrected chi connectivity index (χ4v) is 2.79. The summed E-state index contributed by atoms with van der Waals surface area (Å²) in [6.45, 7) is 4.16. The van der Waals surface area contributed by atoms with E-state index >= 15 is 0 Å². The van der Waals surface area contributed by atoms with Gasteiger partial charge in [-0.15, -0.1) is 0 Å². The van der Waals surface area contributed by atoms with Crippen molar-refractivity contribution in [3.8, 4) is 11.3 Å². The minimum Gasteiger partial charge on any atom is -0.217 e. The maximum atomic E-state index is 4.69. The van der Waals surface area contributed by atoms with E-state index < -0.39 is 0 Å². The van der Waals surface area contributed by atoms with Gasteiger partial charge in [0, 0.05) is 5.56 Å². The third kappa shape index (κ3) is 1.65. The molecule has 0 fully saturated rings. The van der Waals surface area contributed by atoms with Gasteiger partial charge in [-0.3, -0.25) is 0 Å². The molecule has 0 radical (unpaired) electrons. The Morgan fingerprint density at radius 2 is 2.00 bits per heavy atom. The summed E-state index contributed by atoms with van der Waals surface area (Å²) in [5.41, 5.74) is 3.42. The SMILES string of the molecule is CCc1c(-c2ccccc2)nc2sc(C)nn12. The Bertz CT molecular complexity index is 652. The Morgan fingerprint density at radius 1 is 1.24 bits per heavy atom. The Kier molecular flexibility index (Phi) is 2.44. The summed E-state index contributed by atoms with van der Waals surface area (Å²) in [5, 5.41) is 5.56. The first kappa shape index (κ1) is 10.5. The van der Waals surface area contributed by atoms with Crippen LogP contribution in [0.2, 0.25) is 0 Å². The summed E-state index contributed by atoms with van der Waals surface area (Å²) in [7, 11) is 0. The Morgan fingerprint density at radius 3 is 2.71 bits per heavy atom. The Balaban J connectivity index is 2.26. The number of rotatable bonds is 2. The van der Waals surface area contributed by atoms with Crippen LogP contribution in [-0.4, -0.2) is 14.6 Å². The topological polar surface area (TPSA) is 30.2 Å². The van der Waals surface area contributed by atoms with Gasteiger partial charge in [0.1, 0.15) is 5.01 Å². The van der Waals surface area contributed by atoms with E-state index in [9.17, 15) is 0 Å². The van der Waals surface area contributed by atoms with E-state index in [4.69, 9.17) is 4.98 Å². The van der Waals surface area contributed by atoms with E-state index in [1.807, 2.05) is 29.6 Å². The van der Waals surface area contributed by atoms with Crippen molar-refractivity contribution in [2.45, 2.75) is 20.3 Å². The molecule has 0 saturated carbocycles. The molecule has 3 nitrogen and oxygen atoms in total. The van der Waals surface area contributed by atoms with Crippen LogP contribution in [0.15, 0.2) is 30.3 Å². The maximum Gasteiger partial charge on any atom is 0.212 e. The molecule has 0 aliphatic rings. The predicted octanol–water partition coefficient (Wildman–Crippen LogP) is 3.33. The van der Waals surface area contributed by atoms with Crippen molar-refractivity contribution in [1.29, 1.82) is 0 Å². The third-order valence-corrected chi connectivity index (χ3v) is 3.60. The second-order valence-electron chi connectivity index (χ2n) is 3.94. The number of nitrogens with zero attached hydrogens (tertiary/aromatic N) is 3. The summed E-state index contributed by atoms with van der Waals surface area (Å²) in [5.74, 6) is 0. The second-order valence-corrected chi connectivity index (χ2v) is 5.10. The van der Waals surface area contributed by atoms with E-state index in [1.54, 1.807) is 11.3 Å².